The van der Waals surface area contributed by atoms with Crippen molar-refractivity contribution in [2.24, 2.45) is 0 Å². The Morgan fingerprint density at radius 1 is 1.29 bits per heavy atom. The Kier molecular flexibility index (Phi) is 4.52. The molecule has 0 saturated heterocycles. The van der Waals surface area contributed by atoms with Crippen molar-refractivity contribution in [3.8, 4) is 17.6 Å². The van der Waals surface area contributed by atoms with Crippen LogP contribution in [0.4, 0.5) is 0 Å². The molecule has 0 aliphatic heterocycles. The lowest BCUT2D eigenvalue weighted by molar-refractivity contribution is 0.0728. The van der Waals surface area contributed by atoms with Crippen molar-refractivity contribution in [1.29, 1.82) is 5.26 Å². The average molecular weight is 282 g/mol. The Balaban J connectivity index is 2.24. The molecule has 0 N–H and O–H groups in total. The summed E-state index contributed by atoms with van der Waals surface area (Å²) < 4.78 is 10.7. The van der Waals surface area contributed by atoms with Gasteiger partial charge in [-0.3, -0.25) is 4.98 Å². The van der Waals surface area contributed by atoms with Crippen molar-refractivity contribution < 1.29 is 14.3 Å². The summed E-state index contributed by atoms with van der Waals surface area (Å²) in [6.07, 6.45) is 1.46. The van der Waals surface area contributed by atoms with Gasteiger partial charge in [-0.25, -0.2) is 4.79 Å². The minimum Gasteiger partial charge on any atom is -0.490 e. The van der Waals surface area contributed by atoms with Crippen LogP contribution in [-0.2, 0) is 0 Å². The summed E-state index contributed by atoms with van der Waals surface area (Å²) in [7, 11) is 0. The van der Waals surface area contributed by atoms with Crippen molar-refractivity contribution >= 4 is 5.97 Å². The molecule has 0 atom stereocenters. The van der Waals surface area contributed by atoms with Crippen LogP contribution in [-0.4, -0.2) is 17.6 Å². The number of aryl methyl sites for hydroxylation is 1. The summed E-state index contributed by atoms with van der Waals surface area (Å²) in [6.45, 7) is 4.06. The van der Waals surface area contributed by atoms with Crippen LogP contribution in [0, 0.1) is 18.3 Å². The monoisotopic (exact) mass is 282 g/mol. The number of carbonyl (C=O) groups is 1. The van der Waals surface area contributed by atoms with Gasteiger partial charge in [0.15, 0.2) is 11.5 Å². The highest BCUT2D eigenvalue weighted by Gasteiger charge is 2.13. The molecule has 1 aromatic heterocycles. The van der Waals surface area contributed by atoms with E-state index in [0.29, 0.717) is 23.5 Å². The van der Waals surface area contributed by atoms with Crippen molar-refractivity contribution in [2.45, 2.75) is 13.8 Å². The second kappa shape index (κ2) is 6.53. The van der Waals surface area contributed by atoms with Gasteiger partial charge in [-0.15, -0.1) is 0 Å². The maximum atomic E-state index is 12.1. The van der Waals surface area contributed by atoms with E-state index in [9.17, 15) is 4.79 Å². The van der Waals surface area contributed by atoms with Gasteiger partial charge in [0.25, 0.3) is 0 Å². The Morgan fingerprint density at radius 2 is 2.10 bits per heavy atom. The molecule has 0 bridgehead atoms. The van der Waals surface area contributed by atoms with Gasteiger partial charge in [-0.1, -0.05) is 0 Å². The van der Waals surface area contributed by atoms with Crippen LogP contribution in [0.5, 0.6) is 11.5 Å². The fourth-order valence-corrected chi connectivity index (χ4v) is 1.68. The first-order valence-corrected chi connectivity index (χ1v) is 6.46. The maximum absolute atomic E-state index is 12.1. The second-order valence-electron chi connectivity index (χ2n) is 4.28. The van der Waals surface area contributed by atoms with Crippen LogP contribution in [0.1, 0.15) is 28.5 Å². The number of pyridine rings is 1. The summed E-state index contributed by atoms with van der Waals surface area (Å²) in [6, 6.07) is 10.1. The maximum Gasteiger partial charge on any atom is 0.345 e. The zero-order chi connectivity index (χ0) is 15.2. The number of nitrogens with zero attached hydrogens (tertiary/aromatic N) is 2. The highest BCUT2D eigenvalue weighted by molar-refractivity contribution is 5.91. The molecule has 0 amide bonds. The largest absolute Gasteiger partial charge is 0.490 e. The molecule has 0 aliphatic carbocycles. The second-order valence-corrected chi connectivity index (χ2v) is 4.28. The molecule has 2 rings (SSSR count). The van der Waals surface area contributed by atoms with Crippen LogP contribution >= 0.6 is 0 Å². The summed E-state index contributed by atoms with van der Waals surface area (Å²) in [5.74, 6) is 0.125. The number of nitriles is 1. The van der Waals surface area contributed by atoms with Crippen LogP contribution in [0.25, 0.3) is 0 Å². The van der Waals surface area contributed by atoms with Crippen molar-refractivity contribution in [3.05, 3.63) is 53.3 Å². The minimum absolute atomic E-state index is 0.279. The minimum atomic E-state index is -0.520. The summed E-state index contributed by atoms with van der Waals surface area (Å²) in [5, 5.41) is 8.89. The van der Waals surface area contributed by atoms with Gasteiger partial charge >= 0.3 is 5.97 Å². The third-order valence-corrected chi connectivity index (χ3v) is 2.72. The number of esters is 1. The van der Waals surface area contributed by atoms with Crippen LogP contribution in [0.2, 0.25) is 0 Å². The van der Waals surface area contributed by atoms with E-state index in [1.807, 2.05) is 19.9 Å². The third-order valence-electron chi connectivity index (χ3n) is 2.72. The summed E-state index contributed by atoms with van der Waals surface area (Å²) in [4.78, 5) is 16.1. The number of rotatable bonds is 4. The quantitative estimate of drug-likeness (QED) is 0.637. The molecule has 0 spiro atoms. The zero-order valence-corrected chi connectivity index (χ0v) is 11.8. The molecule has 1 aromatic carbocycles. The van der Waals surface area contributed by atoms with Crippen molar-refractivity contribution in [3.63, 3.8) is 0 Å². The molecule has 2 aromatic rings. The Morgan fingerprint density at radius 3 is 2.71 bits per heavy atom. The third kappa shape index (κ3) is 3.57. The molecule has 5 nitrogen and oxygen atoms in total. The van der Waals surface area contributed by atoms with E-state index in [1.165, 1.54) is 6.20 Å². The molecule has 0 aliphatic rings. The number of hydrogen-bond donors (Lipinski definition) is 0. The lowest BCUT2D eigenvalue weighted by Gasteiger charge is -2.10. The van der Waals surface area contributed by atoms with Gasteiger partial charge in [0.1, 0.15) is 0 Å². The SMILES string of the molecule is CCOc1cc(C#N)ccc1OC(=O)c1ccc(C)nc1. The van der Waals surface area contributed by atoms with Gasteiger partial charge in [-0.05, 0) is 38.1 Å². The first-order chi connectivity index (χ1) is 10.1. The molecule has 0 unspecified atom stereocenters. The van der Waals surface area contributed by atoms with Crippen LogP contribution in [0.3, 0.4) is 0 Å². The van der Waals surface area contributed by atoms with Gasteiger partial charge in [-0.2, -0.15) is 5.26 Å². The standard InChI is InChI=1S/C16H14N2O3/c1-3-20-15-8-12(9-17)5-7-14(15)21-16(19)13-6-4-11(2)18-10-13/h4-8,10H,3H2,1-2H3. The van der Waals surface area contributed by atoms with Gasteiger partial charge in [0, 0.05) is 18.0 Å². The Bertz CT molecular complexity index is 688. The molecule has 106 valence electrons. The van der Waals surface area contributed by atoms with Crippen molar-refractivity contribution in [2.75, 3.05) is 6.61 Å². The van der Waals surface area contributed by atoms with E-state index < -0.39 is 5.97 Å². The predicted octanol–water partition coefficient (Wildman–Crippen LogP) is 2.88. The Labute approximate surface area is 122 Å². The van der Waals surface area contributed by atoms with Gasteiger partial charge in [0.05, 0.1) is 23.8 Å². The molecule has 0 radical (unpaired) electrons. The van der Waals surface area contributed by atoms with Gasteiger partial charge in [0.2, 0.25) is 0 Å². The van der Waals surface area contributed by atoms with E-state index in [-0.39, 0.29) is 5.75 Å². The lowest BCUT2D eigenvalue weighted by Crippen LogP contribution is -2.10. The predicted molar refractivity (Wildman–Crippen MR) is 76.3 cm³/mol. The molecular weight excluding hydrogens is 268 g/mol. The number of hydrogen-bond acceptors (Lipinski definition) is 5. The van der Waals surface area contributed by atoms with E-state index >= 15 is 0 Å². The molecule has 5 heteroatoms. The Hall–Kier alpha value is -2.87. The van der Waals surface area contributed by atoms with E-state index in [4.69, 9.17) is 14.7 Å². The van der Waals surface area contributed by atoms with Gasteiger partial charge < -0.3 is 9.47 Å². The number of aromatic nitrogens is 1. The number of ether oxygens (including phenoxy) is 2. The molecule has 0 saturated carbocycles. The van der Waals surface area contributed by atoms with Crippen LogP contribution in [0.15, 0.2) is 36.5 Å². The first-order valence-electron chi connectivity index (χ1n) is 6.46. The highest BCUT2D eigenvalue weighted by Crippen LogP contribution is 2.29. The highest BCUT2D eigenvalue weighted by atomic mass is 16.6. The summed E-state index contributed by atoms with van der Waals surface area (Å²) >= 11 is 0. The average Bonchev–Trinajstić information content (AvgIpc) is 2.49. The summed E-state index contributed by atoms with van der Waals surface area (Å²) in [5.41, 5.74) is 1.61. The topological polar surface area (TPSA) is 72.2 Å². The molecular formula is C16H14N2O3. The fraction of sp³-hybridized carbons (Fsp3) is 0.188. The van der Waals surface area contributed by atoms with Crippen LogP contribution < -0.4 is 9.47 Å². The molecule has 1 heterocycles. The smallest absolute Gasteiger partial charge is 0.345 e. The normalized spacial score (nSPS) is 9.76. The molecule has 21 heavy (non-hydrogen) atoms. The van der Waals surface area contributed by atoms with E-state index in [2.05, 4.69) is 4.98 Å². The number of carbonyl (C=O) groups excluding carboxylic acids is 1. The zero-order valence-electron chi connectivity index (χ0n) is 11.8. The van der Waals surface area contributed by atoms with Crippen molar-refractivity contribution in [1.82, 2.24) is 4.98 Å². The first kappa shape index (κ1) is 14.5. The fourth-order valence-electron chi connectivity index (χ4n) is 1.68. The number of benzene rings is 1. The van der Waals surface area contributed by atoms with E-state index in [1.54, 1.807) is 30.3 Å². The lowest BCUT2D eigenvalue weighted by atomic mass is 10.2. The van der Waals surface area contributed by atoms with E-state index in [0.717, 1.165) is 5.69 Å². The molecule has 0 fully saturated rings.